The molecule has 1 N–H and O–H groups in total. The van der Waals surface area contributed by atoms with Gasteiger partial charge in [-0.1, -0.05) is 46.6 Å². The van der Waals surface area contributed by atoms with Crippen LogP contribution in [0.4, 0.5) is 0 Å². The van der Waals surface area contributed by atoms with E-state index in [1.807, 2.05) is 31.2 Å². The summed E-state index contributed by atoms with van der Waals surface area (Å²) >= 11 is 9.24. The van der Waals surface area contributed by atoms with Gasteiger partial charge in [0.05, 0.1) is 6.61 Å². The molecule has 0 aliphatic rings. The first-order chi connectivity index (χ1) is 6.67. The Labute approximate surface area is 97.5 Å². The second-order valence-corrected chi connectivity index (χ2v) is 4.27. The lowest BCUT2D eigenvalue weighted by Gasteiger charge is -2.03. The van der Waals surface area contributed by atoms with E-state index in [2.05, 4.69) is 15.9 Å². The highest BCUT2D eigenvalue weighted by atomic mass is 79.9. The van der Waals surface area contributed by atoms with Crippen LogP contribution in [0.15, 0.2) is 28.2 Å². The van der Waals surface area contributed by atoms with Crippen molar-refractivity contribution in [2.45, 2.75) is 13.3 Å². The fourth-order valence-electron chi connectivity index (χ4n) is 1.10. The Kier molecular flexibility index (Phi) is 4.66. The van der Waals surface area contributed by atoms with Gasteiger partial charge in [-0.2, -0.15) is 0 Å². The van der Waals surface area contributed by atoms with E-state index in [1.165, 1.54) is 0 Å². The molecular weight excluding hydrogens is 263 g/mol. The van der Waals surface area contributed by atoms with E-state index in [0.717, 1.165) is 22.0 Å². The minimum absolute atomic E-state index is 0.103. The SMILES string of the molecule is CCC(=Cc1ccc(Cl)cc1Br)CO. The number of halogens is 2. The summed E-state index contributed by atoms with van der Waals surface area (Å²) in [7, 11) is 0. The lowest BCUT2D eigenvalue weighted by molar-refractivity contribution is 0.329. The monoisotopic (exact) mass is 274 g/mol. The molecule has 1 aromatic carbocycles. The summed E-state index contributed by atoms with van der Waals surface area (Å²) < 4.78 is 0.949. The molecule has 76 valence electrons. The van der Waals surface area contributed by atoms with Gasteiger partial charge in [0.15, 0.2) is 0 Å². The Bertz CT molecular complexity index is 341. The van der Waals surface area contributed by atoms with Crippen molar-refractivity contribution in [3.8, 4) is 0 Å². The fourth-order valence-corrected chi connectivity index (χ4v) is 1.90. The molecule has 1 rings (SSSR count). The maximum absolute atomic E-state index is 9.02. The van der Waals surface area contributed by atoms with Crippen molar-refractivity contribution in [2.24, 2.45) is 0 Å². The molecule has 1 aromatic rings. The van der Waals surface area contributed by atoms with E-state index < -0.39 is 0 Å². The zero-order valence-electron chi connectivity index (χ0n) is 7.93. The van der Waals surface area contributed by atoms with Gasteiger partial charge in [-0.05, 0) is 29.7 Å². The maximum Gasteiger partial charge on any atom is 0.0644 e. The lowest BCUT2D eigenvalue weighted by atomic mass is 10.1. The highest BCUT2D eigenvalue weighted by Gasteiger charge is 1.99. The Morgan fingerprint density at radius 2 is 2.29 bits per heavy atom. The second-order valence-electron chi connectivity index (χ2n) is 2.98. The third-order valence-electron chi connectivity index (χ3n) is 1.98. The number of benzene rings is 1. The third kappa shape index (κ3) is 3.12. The van der Waals surface area contributed by atoms with E-state index in [-0.39, 0.29) is 6.61 Å². The van der Waals surface area contributed by atoms with Crippen LogP contribution in [0.2, 0.25) is 5.02 Å². The standard InChI is InChI=1S/C11H12BrClO/c1-2-8(7-14)5-9-3-4-10(13)6-11(9)12/h3-6,14H,2,7H2,1H3. The summed E-state index contributed by atoms with van der Waals surface area (Å²) in [4.78, 5) is 0. The Morgan fingerprint density at radius 1 is 1.57 bits per heavy atom. The van der Waals surface area contributed by atoms with Gasteiger partial charge in [0.25, 0.3) is 0 Å². The first kappa shape index (κ1) is 11.8. The summed E-state index contributed by atoms with van der Waals surface area (Å²) in [6.45, 7) is 2.12. The zero-order valence-corrected chi connectivity index (χ0v) is 10.3. The molecule has 0 amide bonds. The van der Waals surface area contributed by atoms with Crippen molar-refractivity contribution < 1.29 is 5.11 Å². The molecule has 0 saturated heterocycles. The summed E-state index contributed by atoms with van der Waals surface area (Å²) in [5.41, 5.74) is 2.05. The molecule has 0 saturated carbocycles. The highest BCUT2D eigenvalue weighted by Crippen LogP contribution is 2.23. The molecule has 3 heteroatoms. The number of hydrogen-bond acceptors (Lipinski definition) is 1. The van der Waals surface area contributed by atoms with E-state index in [4.69, 9.17) is 16.7 Å². The molecule has 0 unspecified atom stereocenters. The van der Waals surface area contributed by atoms with Crippen LogP contribution >= 0.6 is 27.5 Å². The van der Waals surface area contributed by atoms with Crippen LogP contribution in [-0.4, -0.2) is 11.7 Å². The van der Waals surface area contributed by atoms with E-state index >= 15 is 0 Å². The predicted molar refractivity (Wildman–Crippen MR) is 64.5 cm³/mol. The van der Waals surface area contributed by atoms with Crippen molar-refractivity contribution in [3.63, 3.8) is 0 Å². The predicted octanol–water partition coefficient (Wildman–Crippen LogP) is 3.89. The number of aliphatic hydroxyl groups excluding tert-OH is 1. The quantitative estimate of drug-likeness (QED) is 0.887. The van der Waals surface area contributed by atoms with Crippen molar-refractivity contribution in [2.75, 3.05) is 6.61 Å². The van der Waals surface area contributed by atoms with Crippen LogP contribution in [0.3, 0.4) is 0 Å². The van der Waals surface area contributed by atoms with Gasteiger partial charge in [0.1, 0.15) is 0 Å². The fraction of sp³-hybridized carbons (Fsp3) is 0.273. The molecule has 0 aromatic heterocycles. The molecule has 0 heterocycles. The Balaban J connectivity index is 3.02. The minimum Gasteiger partial charge on any atom is -0.392 e. The molecule has 1 nitrogen and oxygen atoms in total. The van der Waals surface area contributed by atoms with Gasteiger partial charge in [-0.3, -0.25) is 0 Å². The maximum atomic E-state index is 9.02. The molecule has 0 bridgehead atoms. The molecule has 0 atom stereocenters. The van der Waals surface area contributed by atoms with E-state index in [0.29, 0.717) is 5.02 Å². The molecule has 14 heavy (non-hydrogen) atoms. The largest absolute Gasteiger partial charge is 0.392 e. The molecular formula is C11H12BrClO. The topological polar surface area (TPSA) is 20.2 Å². The third-order valence-corrected chi connectivity index (χ3v) is 2.90. The number of aliphatic hydroxyl groups is 1. The van der Waals surface area contributed by atoms with Gasteiger partial charge in [0, 0.05) is 9.50 Å². The lowest BCUT2D eigenvalue weighted by Crippen LogP contribution is -1.88. The Morgan fingerprint density at radius 3 is 2.79 bits per heavy atom. The van der Waals surface area contributed by atoms with Gasteiger partial charge in [-0.25, -0.2) is 0 Å². The normalized spacial score (nSPS) is 11.9. The minimum atomic E-state index is 0.103. The van der Waals surface area contributed by atoms with Crippen LogP contribution in [0.1, 0.15) is 18.9 Å². The van der Waals surface area contributed by atoms with Crippen molar-refractivity contribution in [1.29, 1.82) is 0 Å². The van der Waals surface area contributed by atoms with Crippen LogP contribution < -0.4 is 0 Å². The second kappa shape index (κ2) is 5.54. The summed E-state index contributed by atoms with van der Waals surface area (Å²) in [5, 5.41) is 9.73. The molecule has 0 aliphatic heterocycles. The van der Waals surface area contributed by atoms with Crippen LogP contribution in [-0.2, 0) is 0 Å². The van der Waals surface area contributed by atoms with Crippen molar-refractivity contribution >= 4 is 33.6 Å². The first-order valence-electron chi connectivity index (χ1n) is 4.42. The summed E-state index contributed by atoms with van der Waals surface area (Å²) in [6.07, 6.45) is 2.83. The summed E-state index contributed by atoms with van der Waals surface area (Å²) in [6, 6.07) is 5.61. The van der Waals surface area contributed by atoms with E-state index in [9.17, 15) is 0 Å². The average molecular weight is 276 g/mol. The van der Waals surface area contributed by atoms with Gasteiger partial charge >= 0.3 is 0 Å². The molecule has 0 radical (unpaired) electrons. The number of hydrogen-bond donors (Lipinski definition) is 1. The highest BCUT2D eigenvalue weighted by molar-refractivity contribution is 9.10. The summed E-state index contributed by atoms with van der Waals surface area (Å²) in [5.74, 6) is 0. The van der Waals surface area contributed by atoms with Gasteiger partial charge in [0.2, 0.25) is 0 Å². The number of rotatable bonds is 3. The molecule has 0 fully saturated rings. The molecule has 0 spiro atoms. The smallest absolute Gasteiger partial charge is 0.0644 e. The average Bonchev–Trinajstić information content (AvgIpc) is 2.17. The van der Waals surface area contributed by atoms with Crippen LogP contribution in [0, 0.1) is 0 Å². The van der Waals surface area contributed by atoms with Crippen molar-refractivity contribution in [1.82, 2.24) is 0 Å². The van der Waals surface area contributed by atoms with Crippen molar-refractivity contribution in [3.05, 3.63) is 38.8 Å². The Hall–Kier alpha value is -0.310. The van der Waals surface area contributed by atoms with E-state index in [1.54, 1.807) is 0 Å². The zero-order chi connectivity index (χ0) is 10.6. The molecule has 0 aliphatic carbocycles. The van der Waals surface area contributed by atoms with Crippen LogP contribution in [0.5, 0.6) is 0 Å². The van der Waals surface area contributed by atoms with Gasteiger partial charge in [-0.15, -0.1) is 0 Å². The van der Waals surface area contributed by atoms with Gasteiger partial charge < -0.3 is 5.11 Å². The van der Waals surface area contributed by atoms with Crippen LogP contribution in [0.25, 0.3) is 6.08 Å². The first-order valence-corrected chi connectivity index (χ1v) is 5.59.